The van der Waals surface area contributed by atoms with Gasteiger partial charge in [0.05, 0.1) is 6.61 Å². The molecular formula is C24H31N3O7S. The number of nitriles is 1. The minimum atomic E-state index is -4.52. The predicted molar refractivity (Wildman–Crippen MR) is 132 cm³/mol. The molecule has 190 valence electrons. The van der Waals surface area contributed by atoms with E-state index in [2.05, 4.69) is 23.5 Å². The van der Waals surface area contributed by atoms with Crippen molar-refractivity contribution in [1.82, 2.24) is 4.72 Å². The van der Waals surface area contributed by atoms with Gasteiger partial charge in [-0.1, -0.05) is 18.2 Å². The maximum Gasteiger partial charge on any atom is 0.251 e. The highest BCUT2D eigenvalue weighted by Crippen LogP contribution is 2.29. The first-order valence-corrected chi connectivity index (χ1v) is 12.8. The molecule has 0 aliphatic carbocycles. The Hall–Kier alpha value is -2.56. The average Bonchev–Trinajstić information content (AvgIpc) is 2.84. The summed E-state index contributed by atoms with van der Waals surface area (Å²) in [6.07, 6.45) is -6.55. The van der Waals surface area contributed by atoms with Crippen molar-refractivity contribution in [2.75, 3.05) is 24.6 Å². The number of ether oxygens (including phenoxy) is 1. The Labute approximate surface area is 204 Å². The number of nitrogens with zero attached hydrogens (tertiary/aromatic N) is 2. The van der Waals surface area contributed by atoms with E-state index in [0.717, 1.165) is 29.5 Å². The molecule has 2 aromatic carbocycles. The van der Waals surface area contributed by atoms with Crippen LogP contribution in [0.1, 0.15) is 26.3 Å². The summed E-state index contributed by atoms with van der Waals surface area (Å²) in [5, 5.41) is 51.1. The van der Waals surface area contributed by atoms with Gasteiger partial charge in [-0.3, -0.25) is 0 Å². The summed E-state index contributed by atoms with van der Waals surface area (Å²) in [6, 6.07) is 11.4. The van der Waals surface area contributed by atoms with Crippen molar-refractivity contribution < 1.29 is 33.6 Å². The third kappa shape index (κ3) is 5.49. The van der Waals surface area contributed by atoms with E-state index in [-0.39, 0.29) is 5.57 Å². The lowest BCUT2D eigenvalue weighted by Gasteiger charge is -2.40. The zero-order chi connectivity index (χ0) is 25.9. The lowest BCUT2D eigenvalue weighted by Crippen LogP contribution is -2.64. The maximum atomic E-state index is 13.0. The SMILES string of the molecule is CCN(CC)c1ccc2cc(/C(C)=C(\C#N)S(=O)(=O)N[C@H]3C(O)O[C@H](CO)[C@@H](O)[C@@H]3O)ccc2c1. The van der Waals surface area contributed by atoms with Crippen molar-refractivity contribution >= 4 is 32.1 Å². The van der Waals surface area contributed by atoms with Crippen molar-refractivity contribution in [2.24, 2.45) is 0 Å². The van der Waals surface area contributed by atoms with Gasteiger partial charge in [0.15, 0.2) is 11.2 Å². The molecule has 0 spiro atoms. The van der Waals surface area contributed by atoms with Crippen LogP contribution in [0.3, 0.4) is 0 Å². The second kappa shape index (κ2) is 11.0. The van der Waals surface area contributed by atoms with Gasteiger partial charge < -0.3 is 30.1 Å². The number of benzene rings is 2. The van der Waals surface area contributed by atoms with E-state index < -0.39 is 52.2 Å². The highest BCUT2D eigenvalue weighted by molar-refractivity contribution is 7.93. The van der Waals surface area contributed by atoms with Crippen molar-refractivity contribution in [1.29, 1.82) is 5.26 Å². The summed E-state index contributed by atoms with van der Waals surface area (Å²) in [5.41, 5.74) is 1.75. The van der Waals surface area contributed by atoms with E-state index in [1.54, 1.807) is 18.2 Å². The number of sulfonamides is 1. The van der Waals surface area contributed by atoms with Crippen LogP contribution in [0.25, 0.3) is 16.3 Å². The molecule has 0 radical (unpaired) electrons. The van der Waals surface area contributed by atoms with Gasteiger partial charge in [-0.15, -0.1) is 0 Å². The smallest absolute Gasteiger partial charge is 0.251 e. The first-order chi connectivity index (χ1) is 16.6. The second-order valence-corrected chi connectivity index (χ2v) is 10.0. The first-order valence-electron chi connectivity index (χ1n) is 11.3. The van der Waals surface area contributed by atoms with Crippen LogP contribution in [0.5, 0.6) is 0 Å². The van der Waals surface area contributed by atoms with E-state index in [0.29, 0.717) is 5.56 Å². The zero-order valence-electron chi connectivity index (χ0n) is 19.8. The number of nitrogens with one attached hydrogen (secondary N) is 1. The van der Waals surface area contributed by atoms with Crippen LogP contribution in [0, 0.1) is 11.3 Å². The fourth-order valence-corrected chi connectivity index (χ4v) is 5.56. The van der Waals surface area contributed by atoms with Crippen molar-refractivity contribution in [3.8, 4) is 6.07 Å². The van der Waals surface area contributed by atoms with Gasteiger partial charge in [-0.2, -0.15) is 9.98 Å². The molecule has 35 heavy (non-hydrogen) atoms. The molecule has 1 saturated heterocycles. The zero-order valence-corrected chi connectivity index (χ0v) is 20.6. The van der Waals surface area contributed by atoms with E-state index in [4.69, 9.17) is 4.74 Å². The monoisotopic (exact) mass is 505 g/mol. The third-order valence-electron chi connectivity index (χ3n) is 6.29. The van der Waals surface area contributed by atoms with Crippen LogP contribution in [0.15, 0.2) is 41.3 Å². The molecule has 1 fully saturated rings. The van der Waals surface area contributed by atoms with Crippen molar-refractivity contribution in [2.45, 2.75) is 51.4 Å². The van der Waals surface area contributed by atoms with Crippen LogP contribution < -0.4 is 9.62 Å². The number of aliphatic hydroxyl groups is 4. The fourth-order valence-electron chi connectivity index (χ4n) is 4.19. The van der Waals surface area contributed by atoms with E-state index in [1.165, 1.54) is 6.92 Å². The van der Waals surface area contributed by atoms with Gasteiger partial charge in [0.25, 0.3) is 10.0 Å². The summed E-state index contributed by atoms with van der Waals surface area (Å²) in [6.45, 7) is 6.69. The normalized spacial score (nSPS) is 25.7. The number of allylic oxidation sites excluding steroid dienone is 2. The molecule has 0 aromatic heterocycles. The number of aliphatic hydroxyl groups excluding tert-OH is 4. The number of rotatable bonds is 8. The van der Waals surface area contributed by atoms with E-state index >= 15 is 0 Å². The third-order valence-corrected chi connectivity index (χ3v) is 7.81. The summed E-state index contributed by atoms with van der Waals surface area (Å²) in [5.74, 6) is 0. The molecule has 1 aliphatic heterocycles. The van der Waals surface area contributed by atoms with Crippen LogP contribution in [-0.2, 0) is 14.8 Å². The van der Waals surface area contributed by atoms with Gasteiger partial charge in [0.1, 0.15) is 30.4 Å². The lowest BCUT2D eigenvalue weighted by molar-refractivity contribution is -0.251. The number of hydrogen-bond acceptors (Lipinski definition) is 9. The van der Waals surface area contributed by atoms with Crippen molar-refractivity contribution in [3.63, 3.8) is 0 Å². The molecule has 0 saturated carbocycles. The Balaban J connectivity index is 1.94. The van der Waals surface area contributed by atoms with Gasteiger partial charge >= 0.3 is 0 Å². The van der Waals surface area contributed by atoms with E-state index in [9.17, 15) is 34.1 Å². The largest absolute Gasteiger partial charge is 0.394 e. The number of hydrogen-bond donors (Lipinski definition) is 5. The highest BCUT2D eigenvalue weighted by Gasteiger charge is 2.45. The maximum absolute atomic E-state index is 13.0. The fraction of sp³-hybridized carbons (Fsp3) is 0.458. The molecule has 1 aliphatic rings. The molecule has 2 aromatic rings. The Morgan fingerprint density at radius 1 is 1.09 bits per heavy atom. The number of anilines is 1. The number of fused-ring (bicyclic) bond motifs is 1. The quantitative estimate of drug-likeness (QED) is 0.324. The standard InChI is InChI=1S/C24H31N3O7S/c1-4-27(5-2)18-9-8-16-10-15(6-7-17(16)11-18)14(3)20(12-25)35(32,33)26-21-23(30)22(29)19(13-28)34-24(21)31/h6-11,19,21-24,26,28-31H,4-5,13H2,1-3H3/b20-14+/t19-,21-,22-,23-,24?/m1/s1. The molecular weight excluding hydrogens is 474 g/mol. The topological polar surface area (TPSA) is 163 Å². The van der Waals surface area contributed by atoms with Crippen molar-refractivity contribution in [3.05, 3.63) is 46.9 Å². The first kappa shape index (κ1) is 27.0. The summed E-state index contributed by atoms with van der Waals surface area (Å²) < 4.78 is 33.1. The Bertz CT molecular complexity index is 1240. The summed E-state index contributed by atoms with van der Waals surface area (Å²) in [7, 11) is -4.52. The van der Waals surface area contributed by atoms with Gasteiger partial charge in [0, 0.05) is 18.8 Å². The Morgan fingerprint density at radius 3 is 2.31 bits per heavy atom. The van der Waals surface area contributed by atoms with Crippen LogP contribution in [-0.4, -0.2) is 79.2 Å². The van der Waals surface area contributed by atoms with Crippen LogP contribution in [0.2, 0.25) is 0 Å². The molecule has 5 N–H and O–H groups in total. The van der Waals surface area contributed by atoms with Gasteiger partial charge in [0.2, 0.25) is 0 Å². The molecule has 1 unspecified atom stereocenters. The Morgan fingerprint density at radius 2 is 1.71 bits per heavy atom. The summed E-state index contributed by atoms with van der Waals surface area (Å²) >= 11 is 0. The van der Waals surface area contributed by atoms with Crippen LogP contribution >= 0.6 is 0 Å². The van der Waals surface area contributed by atoms with Gasteiger partial charge in [-0.25, -0.2) is 8.42 Å². The molecule has 5 atom stereocenters. The molecule has 1 heterocycles. The highest BCUT2D eigenvalue weighted by atomic mass is 32.2. The lowest BCUT2D eigenvalue weighted by atomic mass is 9.98. The molecule has 0 amide bonds. The molecule has 3 rings (SSSR count). The second-order valence-electron chi connectivity index (χ2n) is 8.36. The minimum Gasteiger partial charge on any atom is -0.394 e. The Kier molecular flexibility index (Phi) is 8.50. The van der Waals surface area contributed by atoms with Gasteiger partial charge in [-0.05, 0) is 60.9 Å². The summed E-state index contributed by atoms with van der Waals surface area (Å²) in [4.78, 5) is 1.61. The van der Waals surface area contributed by atoms with Crippen LogP contribution in [0.4, 0.5) is 5.69 Å². The minimum absolute atomic E-state index is 0.171. The predicted octanol–water partition coefficient (Wildman–Crippen LogP) is 0.660. The average molecular weight is 506 g/mol. The molecule has 0 bridgehead atoms. The van der Waals surface area contributed by atoms with E-state index in [1.807, 2.05) is 24.3 Å². The molecule has 11 heteroatoms. The molecule has 10 nitrogen and oxygen atoms in total.